The van der Waals surface area contributed by atoms with E-state index in [4.69, 9.17) is 21.1 Å². The Hall–Kier alpha value is -2.43. The van der Waals surface area contributed by atoms with Crippen molar-refractivity contribution in [2.45, 2.75) is 43.2 Å². The van der Waals surface area contributed by atoms with E-state index in [2.05, 4.69) is 0 Å². The minimum absolute atomic E-state index is 0.144. The fourth-order valence-corrected chi connectivity index (χ4v) is 7.42. The van der Waals surface area contributed by atoms with Crippen LogP contribution in [-0.2, 0) is 26.0 Å². The maximum absolute atomic E-state index is 13.8. The largest absolute Gasteiger partial charge is 0.491 e. The predicted octanol–water partition coefficient (Wildman–Crippen LogP) is 5.08. The second kappa shape index (κ2) is 11.8. The number of fused-ring (bicyclic) bond motifs is 1. The summed E-state index contributed by atoms with van der Waals surface area (Å²) >= 11 is 7.68. The van der Waals surface area contributed by atoms with Gasteiger partial charge in [0, 0.05) is 29.6 Å². The zero-order chi connectivity index (χ0) is 26.7. The van der Waals surface area contributed by atoms with Crippen LogP contribution < -0.4 is 4.74 Å². The number of ether oxygens (including phenoxy) is 2. The topological polar surface area (TPSA) is 76.2 Å². The summed E-state index contributed by atoms with van der Waals surface area (Å²) in [6.45, 7) is 3.16. The molecule has 2 aliphatic rings. The van der Waals surface area contributed by atoms with Crippen LogP contribution in [0.25, 0.3) is 0 Å². The first kappa shape index (κ1) is 27.1. The van der Waals surface area contributed by atoms with Crippen LogP contribution in [0.4, 0.5) is 0 Å². The minimum Gasteiger partial charge on any atom is -0.491 e. The number of amides is 1. The molecule has 0 aliphatic carbocycles. The Morgan fingerprint density at radius 2 is 1.92 bits per heavy atom. The molecule has 0 unspecified atom stereocenters. The van der Waals surface area contributed by atoms with Crippen molar-refractivity contribution >= 4 is 38.9 Å². The summed E-state index contributed by atoms with van der Waals surface area (Å²) in [5, 5.41) is 2.65. The van der Waals surface area contributed by atoms with Crippen LogP contribution >= 0.6 is 22.9 Å². The summed E-state index contributed by atoms with van der Waals surface area (Å²) in [4.78, 5) is 17.0. The van der Waals surface area contributed by atoms with E-state index in [1.54, 1.807) is 64.8 Å². The molecule has 0 N–H and O–H groups in total. The average Bonchev–Trinajstić information content (AvgIpc) is 3.60. The molecule has 0 saturated carbocycles. The Bertz CT molecular complexity index is 1350. The van der Waals surface area contributed by atoms with E-state index in [0.717, 1.165) is 30.4 Å². The summed E-state index contributed by atoms with van der Waals surface area (Å²) < 4.78 is 40.5. The smallest absolute Gasteiger partial charge is 0.243 e. The van der Waals surface area contributed by atoms with E-state index in [1.165, 1.54) is 9.18 Å². The van der Waals surface area contributed by atoms with Crippen LogP contribution in [0.3, 0.4) is 0 Å². The molecule has 3 aromatic rings. The number of halogens is 1. The molecule has 202 valence electrons. The van der Waals surface area contributed by atoms with Crippen molar-refractivity contribution in [2.75, 3.05) is 32.8 Å². The van der Waals surface area contributed by atoms with Crippen LogP contribution in [0.15, 0.2) is 64.9 Å². The van der Waals surface area contributed by atoms with Crippen LogP contribution in [0.2, 0.25) is 5.02 Å². The zero-order valence-corrected chi connectivity index (χ0v) is 23.6. The normalized spacial score (nSPS) is 19.5. The monoisotopic (exact) mass is 574 g/mol. The maximum Gasteiger partial charge on any atom is 0.243 e. The first-order chi connectivity index (χ1) is 18.3. The number of carbonyl (C=O) groups is 1. The number of benzene rings is 2. The molecule has 38 heavy (non-hydrogen) atoms. The molecule has 7 nitrogen and oxygen atoms in total. The number of nitrogens with zero attached hydrogens (tertiary/aromatic N) is 2. The third-order valence-corrected chi connectivity index (χ3v) is 10.1. The highest BCUT2D eigenvalue weighted by Crippen LogP contribution is 2.34. The summed E-state index contributed by atoms with van der Waals surface area (Å²) in [5.41, 5.74) is 2.02. The van der Waals surface area contributed by atoms with Crippen molar-refractivity contribution in [1.82, 2.24) is 9.21 Å². The lowest BCUT2D eigenvalue weighted by Crippen LogP contribution is -2.49. The highest BCUT2D eigenvalue weighted by atomic mass is 35.5. The standard InChI is InChI=1S/C28H31ClN2O5S2/c1-20-4-10-24(11-5-20)38(33,34)30(17-23-3-2-15-35-23)18-28(32)31-14-12-27-25(13-16-37-27)26(31)19-36-22-8-6-21(29)7-9-22/h4-11,13,16,23,26H,2-3,12,14-15,17-19H2,1H3/t23-,26+/m1/s1. The van der Waals surface area contributed by atoms with Crippen LogP contribution in [0, 0.1) is 6.92 Å². The lowest BCUT2D eigenvalue weighted by atomic mass is 10.0. The Morgan fingerprint density at radius 1 is 1.16 bits per heavy atom. The van der Waals surface area contributed by atoms with Gasteiger partial charge in [0.15, 0.2) is 0 Å². The first-order valence-corrected chi connectivity index (χ1v) is 15.4. The third-order valence-electron chi connectivity index (χ3n) is 7.04. The van der Waals surface area contributed by atoms with Gasteiger partial charge in [-0.05, 0) is 79.6 Å². The van der Waals surface area contributed by atoms with Crippen LogP contribution in [0.5, 0.6) is 5.75 Å². The van der Waals surface area contributed by atoms with Gasteiger partial charge in [0.05, 0.1) is 23.6 Å². The predicted molar refractivity (Wildman–Crippen MR) is 148 cm³/mol. The molecule has 1 saturated heterocycles. The molecule has 3 heterocycles. The van der Waals surface area contributed by atoms with Gasteiger partial charge < -0.3 is 14.4 Å². The number of carbonyl (C=O) groups excluding carboxylic acids is 1. The highest BCUT2D eigenvalue weighted by molar-refractivity contribution is 7.89. The van der Waals surface area contributed by atoms with Gasteiger partial charge >= 0.3 is 0 Å². The minimum atomic E-state index is -3.90. The highest BCUT2D eigenvalue weighted by Gasteiger charge is 2.36. The second-order valence-corrected chi connectivity index (χ2v) is 13.0. The Morgan fingerprint density at radius 3 is 2.63 bits per heavy atom. The first-order valence-electron chi connectivity index (χ1n) is 12.7. The van der Waals surface area contributed by atoms with Crippen LogP contribution in [0.1, 0.15) is 34.9 Å². The van der Waals surface area contributed by atoms with Gasteiger partial charge in [-0.1, -0.05) is 29.3 Å². The number of hydrogen-bond acceptors (Lipinski definition) is 6. The maximum atomic E-state index is 13.8. The van der Waals surface area contributed by atoms with Crippen molar-refractivity contribution in [3.8, 4) is 5.75 Å². The van der Waals surface area contributed by atoms with E-state index in [1.807, 2.05) is 18.4 Å². The SMILES string of the molecule is Cc1ccc(S(=O)(=O)N(CC(=O)N2CCc3sccc3[C@@H]2COc2ccc(Cl)cc2)C[C@H]2CCCO2)cc1. The number of sulfonamides is 1. The molecule has 10 heteroatoms. The van der Waals surface area contributed by atoms with Crippen molar-refractivity contribution in [3.63, 3.8) is 0 Å². The molecule has 1 amide bonds. The van der Waals surface area contributed by atoms with E-state index in [-0.39, 0.29) is 42.6 Å². The van der Waals surface area contributed by atoms with Gasteiger partial charge in [0.25, 0.3) is 0 Å². The van der Waals surface area contributed by atoms with E-state index in [9.17, 15) is 13.2 Å². The second-order valence-electron chi connectivity index (χ2n) is 9.66. The van der Waals surface area contributed by atoms with Gasteiger partial charge in [-0.3, -0.25) is 4.79 Å². The van der Waals surface area contributed by atoms with Gasteiger partial charge in [-0.25, -0.2) is 8.42 Å². The Balaban J connectivity index is 1.38. The molecule has 1 aromatic heterocycles. The number of rotatable bonds is 9. The van der Waals surface area contributed by atoms with Gasteiger partial charge in [-0.2, -0.15) is 4.31 Å². The molecule has 0 bridgehead atoms. The Kier molecular flexibility index (Phi) is 8.40. The molecule has 1 fully saturated rings. The lowest BCUT2D eigenvalue weighted by molar-refractivity contribution is -0.135. The van der Waals surface area contributed by atoms with Crippen molar-refractivity contribution in [3.05, 3.63) is 81.0 Å². The molecular formula is C28H31ClN2O5S2. The van der Waals surface area contributed by atoms with Gasteiger partial charge in [0.2, 0.25) is 15.9 Å². The van der Waals surface area contributed by atoms with E-state index in [0.29, 0.717) is 23.9 Å². The molecular weight excluding hydrogens is 544 g/mol. The fourth-order valence-electron chi connectivity index (χ4n) is 4.94. The van der Waals surface area contributed by atoms with E-state index >= 15 is 0 Å². The molecule has 2 aliphatic heterocycles. The number of hydrogen-bond donors (Lipinski definition) is 0. The molecule has 0 spiro atoms. The summed E-state index contributed by atoms with van der Waals surface area (Å²) in [6.07, 6.45) is 2.16. The number of aryl methyl sites for hydroxylation is 1. The average molecular weight is 575 g/mol. The molecule has 2 aromatic carbocycles. The molecule has 0 radical (unpaired) electrons. The van der Waals surface area contributed by atoms with Crippen molar-refractivity contribution in [1.29, 1.82) is 0 Å². The van der Waals surface area contributed by atoms with Crippen molar-refractivity contribution in [2.24, 2.45) is 0 Å². The van der Waals surface area contributed by atoms with Crippen LogP contribution in [-0.4, -0.2) is 62.5 Å². The van der Waals surface area contributed by atoms with Crippen molar-refractivity contribution < 1.29 is 22.7 Å². The lowest BCUT2D eigenvalue weighted by Gasteiger charge is -2.37. The summed E-state index contributed by atoms with van der Waals surface area (Å²) in [5.74, 6) is 0.409. The summed E-state index contributed by atoms with van der Waals surface area (Å²) in [6, 6.07) is 15.6. The quantitative estimate of drug-likeness (QED) is 0.356. The molecule has 2 atom stereocenters. The Labute approximate surface area is 233 Å². The van der Waals surface area contributed by atoms with E-state index < -0.39 is 10.0 Å². The summed E-state index contributed by atoms with van der Waals surface area (Å²) in [7, 11) is -3.90. The van der Waals surface area contributed by atoms with Gasteiger partial charge in [0.1, 0.15) is 12.4 Å². The van der Waals surface area contributed by atoms with Gasteiger partial charge in [-0.15, -0.1) is 11.3 Å². The zero-order valence-electron chi connectivity index (χ0n) is 21.2. The fraction of sp³-hybridized carbons (Fsp3) is 0.393. The number of thiophene rings is 1. The molecule has 5 rings (SSSR count). The third kappa shape index (κ3) is 6.07.